The lowest BCUT2D eigenvalue weighted by Crippen LogP contribution is -2.36. The summed E-state index contributed by atoms with van der Waals surface area (Å²) < 4.78 is 42.1. The van der Waals surface area contributed by atoms with Crippen LogP contribution in [0.15, 0.2) is 59.7 Å². The number of hydrogen-bond donors (Lipinski definition) is 2. The van der Waals surface area contributed by atoms with Crippen LogP contribution < -0.4 is 24.8 Å². The number of ether oxygens (including phenoxy) is 3. The monoisotopic (exact) mass is 445 g/mol. The van der Waals surface area contributed by atoms with Crippen molar-refractivity contribution < 1.29 is 23.0 Å². The van der Waals surface area contributed by atoms with Gasteiger partial charge in [0.25, 0.3) is 0 Å². The van der Waals surface area contributed by atoms with Gasteiger partial charge in [-0.2, -0.15) is 13.9 Å². The van der Waals surface area contributed by atoms with E-state index in [2.05, 4.69) is 25.5 Å². The maximum Gasteiger partial charge on any atom is 0.387 e. The largest absolute Gasteiger partial charge is 0.497 e. The molecular weight excluding hydrogens is 420 g/mol. The molecule has 1 aromatic heterocycles. The number of methoxy groups -OCH3 is 2. The van der Waals surface area contributed by atoms with Crippen molar-refractivity contribution in [1.82, 2.24) is 20.4 Å². The van der Waals surface area contributed by atoms with E-state index in [0.29, 0.717) is 23.8 Å². The van der Waals surface area contributed by atoms with Gasteiger partial charge < -0.3 is 24.8 Å². The van der Waals surface area contributed by atoms with Crippen LogP contribution in [0.5, 0.6) is 17.2 Å². The Hall–Kier alpha value is -3.82. The summed E-state index contributed by atoms with van der Waals surface area (Å²) in [5.74, 6) is 1.86. The van der Waals surface area contributed by atoms with Gasteiger partial charge in [-0.05, 0) is 48.5 Å². The Morgan fingerprint density at radius 2 is 1.69 bits per heavy atom. The van der Waals surface area contributed by atoms with Crippen LogP contribution in [-0.4, -0.2) is 43.6 Å². The summed E-state index contributed by atoms with van der Waals surface area (Å²) in [5, 5.41) is 10.8. The highest BCUT2D eigenvalue weighted by molar-refractivity contribution is 5.79. The van der Waals surface area contributed by atoms with Gasteiger partial charge in [0.2, 0.25) is 0 Å². The molecule has 32 heavy (non-hydrogen) atoms. The molecule has 0 aliphatic heterocycles. The zero-order valence-electron chi connectivity index (χ0n) is 18.0. The van der Waals surface area contributed by atoms with Gasteiger partial charge in [-0.15, -0.1) is 0 Å². The molecule has 0 radical (unpaired) electrons. The molecule has 0 amide bonds. The molecule has 1 heterocycles. The van der Waals surface area contributed by atoms with Crippen molar-refractivity contribution in [3.63, 3.8) is 0 Å². The number of rotatable bonds is 9. The lowest BCUT2D eigenvalue weighted by molar-refractivity contribution is -0.0505. The molecule has 10 heteroatoms. The van der Waals surface area contributed by atoms with Crippen molar-refractivity contribution >= 4 is 5.96 Å². The van der Waals surface area contributed by atoms with Gasteiger partial charge in [0.05, 0.1) is 32.1 Å². The van der Waals surface area contributed by atoms with Crippen LogP contribution in [0.4, 0.5) is 8.78 Å². The Morgan fingerprint density at radius 1 is 1.00 bits per heavy atom. The SMILES string of the molecule is CN=C(NCc1ccn(-c2ccc(OC)cc2)n1)NCc1cc(OC)ccc1OC(F)F. The van der Waals surface area contributed by atoms with E-state index in [-0.39, 0.29) is 12.3 Å². The predicted molar refractivity (Wildman–Crippen MR) is 117 cm³/mol. The van der Waals surface area contributed by atoms with Gasteiger partial charge in [0.1, 0.15) is 17.2 Å². The van der Waals surface area contributed by atoms with E-state index >= 15 is 0 Å². The van der Waals surface area contributed by atoms with E-state index in [1.54, 1.807) is 31.0 Å². The number of alkyl halides is 2. The lowest BCUT2D eigenvalue weighted by atomic mass is 10.2. The molecule has 8 nitrogen and oxygen atoms in total. The van der Waals surface area contributed by atoms with E-state index < -0.39 is 6.61 Å². The summed E-state index contributed by atoms with van der Waals surface area (Å²) in [6, 6.07) is 14.1. The second kappa shape index (κ2) is 11.0. The molecule has 0 atom stereocenters. The summed E-state index contributed by atoms with van der Waals surface area (Å²) in [6.07, 6.45) is 1.86. The Bertz CT molecular complexity index is 1040. The number of nitrogens with one attached hydrogen (secondary N) is 2. The van der Waals surface area contributed by atoms with Crippen molar-refractivity contribution in [3.8, 4) is 22.9 Å². The summed E-state index contributed by atoms with van der Waals surface area (Å²) >= 11 is 0. The highest BCUT2D eigenvalue weighted by Gasteiger charge is 2.12. The van der Waals surface area contributed by atoms with Crippen molar-refractivity contribution in [2.24, 2.45) is 4.99 Å². The van der Waals surface area contributed by atoms with E-state index in [9.17, 15) is 8.78 Å². The number of aliphatic imine (C=N–C) groups is 1. The van der Waals surface area contributed by atoms with Crippen LogP contribution in [0.1, 0.15) is 11.3 Å². The molecule has 2 N–H and O–H groups in total. The molecule has 170 valence electrons. The summed E-state index contributed by atoms with van der Waals surface area (Å²) in [5.41, 5.74) is 2.22. The molecule has 2 aromatic carbocycles. The summed E-state index contributed by atoms with van der Waals surface area (Å²) in [4.78, 5) is 4.16. The van der Waals surface area contributed by atoms with Crippen LogP contribution in [0.2, 0.25) is 0 Å². The number of nitrogens with zero attached hydrogens (tertiary/aromatic N) is 3. The molecule has 0 saturated carbocycles. The molecule has 0 bridgehead atoms. The van der Waals surface area contributed by atoms with Crippen molar-refractivity contribution in [3.05, 3.63) is 66.0 Å². The summed E-state index contributed by atoms with van der Waals surface area (Å²) in [6.45, 7) is -2.29. The first kappa shape index (κ1) is 22.9. The molecule has 0 unspecified atom stereocenters. The minimum absolute atomic E-state index is 0.0713. The molecule has 0 saturated heterocycles. The van der Waals surface area contributed by atoms with Crippen LogP contribution in [0.3, 0.4) is 0 Å². The maximum atomic E-state index is 12.7. The minimum Gasteiger partial charge on any atom is -0.497 e. The van der Waals surface area contributed by atoms with Crippen LogP contribution in [0, 0.1) is 0 Å². The first-order chi connectivity index (χ1) is 15.5. The van der Waals surface area contributed by atoms with E-state index in [1.807, 2.05) is 36.5 Å². The molecule has 0 aliphatic carbocycles. The molecule has 0 fully saturated rings. The molecule has 0 aliphatic rings. The van der Waals surface area contributed by atoms with Gasteiger partial charge in [-0.25, -0.2) is 4.68 Å². The lowest BCUT2D eigenvalue weighted by Gasteiger charge is -2.15. The number of hydrogen-bond acceptors (Lipinski definition) is 5. The van der Waals surface area contributed by atoms with Crippen LogP contribution in [0.25, 0.3) is 5.69 Å². The number of halogens is 2. The van der Waals surface area contributed by atoms with Gasteiger partial charge in [0, 0.05) is 25.4 Å². The van der Waals surface area contributed by atoms with Gasteiger partial charge in [-0.3, -0.25) is 4.99 Å². The van der Waals surface area contributed by atoms with Crippen LogP contribution >= 0.6 is 0 Å². The smallest absolute Gasteiger partial charge is 0.387 e. The van der Waals surface area contributed by atoms with E-state index in [1.165, 1.54) is 13.2 Å². The Labute approximate surface area is 184 Å². The predicted octanol–water partition coefficient (Wildman–Crippen LogP) is 3.36. The fourth-order valence-corrected chi connectivity index (χ4v) is 2.94. The highest BCUT2D eigenvalue weighted by Crippen LogP contribution is 2.25. The second-order valence-electron chi connectivity index (χ2n) is 6.58. The number of aromatic nitrogens is 2. The van der Waals surface area contributed by atoms with Crippen LogP contribution in [-0.2, 0) is 13.1 Å². The average Bonchev–Trinajstić information content (AvgIpc) is 3.28. The first-order valence-corrected chi connectivity index (χ1v) is 9.77. The van der Waals surface area contributed by atoms with Gasteiger partial charge in [0.15, 0.2) is 5.96 Å². The number of guanidine groups is 1. The zero-order chi connectivity index (χ0) is 22.9. The third-order valence-electron chi connectivity index (χ3n) is 4.57. The van der Waals surface area contributed by atoms with Crippen molar-refractivity contribution in [2.45, 2.75) is 19.7 Å². The van der Waals surface area contributed by atoms with Gasteiger partial charge >= 0.3 is 6.61 Å². The topological polar surface area (TPSA) is 81.9 Å². The maximum absolute atomic E-state index is 12.7. The third kappa shape index (κ3) is 6.10. The van der Waals surface area contributed by atoms with Crippen molar-refractivity contribution in [1.29, 1.82) is 0 Å². The first-order valence-electron chi connectivity index (χ1n) is 9.77. The fourth-order valence-electron chi connectivity index (χ4n) is 2.94. The zero-order valence-corrected chi connectivity index (χ0v) is 18.0. The number of benzene rings is 2. The van der Waals surface area contributed by atoms with Gasteiger partial charge in [-0.1, -0.05) is 0 Å². The standard InChI is InChI=1S/C22H25F2N5O3/c1-25-22(26-13-15-12-19(31-3)8-9-20(15)32-21(23)24)27-14-16-10-11-29(28-16)17-4-6-18(30-2)7-5-17/h4-12,21H,13-14H2,1-3H3,(H2,25,26,27). The molecule has 0 spiro atoms. The fraction of sp³-hybridized carbons (Fsp3) is 0.273. The molecular formula is C22H25F2N5O3. The minimum atomic E-state index is -2.92. The Morgan fingerprint density at radius 3 is 2.34 bits per heavy atom. The second-order valence-corrected chi connectivity index (χ2v) is 6.58. The van der Waals surface area contributed by atoms with Crippen molar-refractivity contribution in [2.75, 3.05) is 21.3 Å². The highest BCUT2D eigenvalue weighted by atomic mass is 19.3. The quantitative estimate of drug-likeness (QED) is 0.388. The normalized spacial score (nSPS) is 11.4. The Balaban J connectivity index is 1.59. The summed E-state index contributed by atoms with van der Waals surface area (Å²) in [7, 11) is 4.74. The van der Waals surface area contributed by atoms with E-state index in [0.717, 1.165) is 17.1 Å². The average molecular weight is 445 g/mol. The Kier molecular flexibility index (Phi) is 7.85. The molecule has 3 rings (SSSR count). The van der Waals surface area contributed by atoms with E-state index in [4.69, 9.17) is 9.47 Å². The third-order valence-corrected chi connectivity index (χ3v) is 4.57. The molecule has 3 aromatic rings.